The average Bonchev–Trinajstić information content (AvgIpc) is 3.03. The molecule has 2 aromatic rings. The fourth-order valence-electron chi connectivity index (χ4n) is 3.86. The second-order valence-corrected chi connectivity index (χ2v) is 8.33. The van der Waals surface area contributed by atoms with E-state index in [9.17, 15) is 14.4 Å². The Morgan fingerprint density at radius 1 is 1.07 bits per heavy atom. The summed E-state index contributed by atoms with van der Waals surface area (Å²) >= 11 is 0.885. The van der Waals surface area contributed by atoms with Crippen molar-refractivity contribution in [3.8, 4) is 5.75 Å². The Kier molecular flexibility index (Phi) is 6.08. The molecular formula is C23H24N2O4S. The van der Waals surface area contributed by atoms with Gasteiger partial charge in [0, 0.05) is 18.5 Å². The molecule has 0 atom stereocenters. The van der Waals surface area contributed by atoms with Crippen LogP contribution in [0.4, 0.5) is 4.79 Å². The molecule has 6 nitrogen and oxygen atoms in total. The first-order valence-corrected chi connectivity index (χ1v) is 11.1. The van der Waals surface area contributed by atoms with Crippen LogP contribution in [0.25, 0.3) is 16.8 Å². The van der Waals surface area contributed by atoms with Crippen molar-refractivity contribution in [1.82, 2.24) is 9.80 Å². The first-order chi connectivity index (χ1) is 14.6. The summed E-state index contributed by atoms with van der Waals surface area (Å²) in [5.74, 6) is 0.212. The summed E-state index contributed by atoms with van der Waals surface area (Å²) in [6.45, 7) is 3.70. The molecule has 0 spiro atoms. The Morgan fingerprint density at radius 2 is 1.80 bits per heavy atom. The van der Waals surface area contributed by atoms with Crippen molar-refractivity contribution >= 4 is 45.7 Å². The minimum Gasteiger partial charge on any atom is -0.493 e. The lowest BCUT2D eigenvalue weighted by Crippen LogP contribution is -2.44. The Balaban J connectivity index is 1.58. The third-order valence-corrected chi connectivity index (χ3v) is 6.29. The van der Waals surface area contributed by atoms with E-state index >= 15 is 0 Å². The van der Waals surface area contributed by atoms with E-state index in [2.05, 4.69) is 0 Å². The minimum absolute atomic E-state index is 0.162. The van der Waals surface area contributed by atoms with Crippen molar-refractivity contribution in [2.45, 2.75) is 26.2 Å². The van der Waals surface area contributed by atoms with Gasteiger partial charge in [0.2, 0.25) is 5.91 Å². The highest BCUT2D eigenvalue weighted by atomic mass is 32.2. The van der Waals surface area contributed by atoms with Crippen LogP contribution in [-0.4, -0.2) is 53.1 Å². The quantitative estimate of drug-likeness (QED) is 0.670. The second kappa shape index (κ2) is 8.92. The number of benzene rings is 2. The normalized spacial score (nSPS) is 18.5. The zero-order valence-electron chi connectivity index (χ0n) is 16.9. The van der Waals surface area contributed by atoms with Crippen LogP contribution in [0.5, 0.6) is 5.75 Å². The summed E-state index contributed by atoms with van der Waals surface area (Å²) in [4.78, 5) is 41.0. The predicted octanol–water partition coefficient (Wildman–Crippen LogP) is 4.29. The molecule has 0 bridgehead atoms. The van der Waals surface area contributed by atoms with Crippen molar-refractivity contribution in [2.75, 3.05) is 26.2 Å². The highest BCUT2D eigenvalue weighted by molar-refractivity contribution is 8.18. The van der Waals surface area contributed by atoms with E-state index in [-0.39, 0.29) is 12.5 Å². The number of piperidine rings is 1. The molecule has 0 aliphatic carbocycles. The molecule has 4 rings (SSSR count). The van der Waals surface area contributed by atoms with E-state index in [1.807, 2.05) is 43.3 Å². The SMILES string of the molecule is CCOc1ccc(C=C2SC(=O)N(CC(=O)N3CCCCC3)C2=O)c2ccccc12. The summed E-state index contributed by atoms with van der Waals surface area (Å²) in [6.07, 6.45) is 4.79. The molecule has 2 heterocycles. The van der Waals surface area contributed by atoms with Crippen LogP contribution >= 0.6 is 11.8 Å². The van der Waals surface area contributed by atoms with Gasteiger partial charge in [0.1, 0.15) is 12.3 Å². The molecule has 0 unspecified atom stereocenters. The molecule has 3 amide bonds. The fourth-order valence-corrected chi connectivity index (χ4v) is 4.69. The number of nitrogens with zero attached hydrogens (tertiary/aromatic N) is 2. The van der Waals surface area contributed by atoms with Crippen molar-refractivity contribution in [1.29, 1.82) is 0 Å². The summed E-state index contributed by atoms with van der Waals surface area (Å²) in [5.41, 5.74) is 0.835. The Labute approximate surface area is 179 Å². The highest BCUT2D eigenvalue weighted by Crippen LogP contribution is 2.35. The topological polar surface area (TPSA) is 66.9 Å². The van der Waals surface area contributed by atoms with Gasteiger partial charge in [-0.1, -0.05) is 30.3 Å². The minimum atomic E-state index is -0.409. The van der Waals surface area contributed by atoms with Gasteiger partial charge in [0.05, 0.1) is 11.5 Å². The zero-order chi connectivity index (χ0) is 21.1. The Morgan fingerprint density at radius 3 is 2.53 bits per heavy atom. The van der Waals surface area contributed by atoms with Gasteiger partial charge in [-0.15, -0.1) is 0 Å². The number of thioether (sulfide) groups is 1. The Bertz CT molecular complexity index is 1030. The largest absolute Gasteiger partial charge is 0.493 e. The third-order valence-electron chi connectivity index (χ3n) is 5.38. The lowest BCUT2D eigenvalue weighted by molar-refractivity contribution is -0.136. The van der Waals surface area contributed by atoms with E-state index in [4.69, 9.17) is 4.74 Å². The number of ether oxygens (including phenoxy) is 1. The number of fused-ring (bicyclic) bond motifs is 1. The molecule has 2 fully saturated rings. The van der Waals surface area contributed by atoms with Crippen LogP contribution < -0.4 is 4.74 Å². The predicted molar refractivity (Wildman–Crippen MR) is 118 cm³/mol. The molecule has 0 aromatic heterocycles. The molecule has 2 saturated heterocycles. The van der Waals surface area contributed by atoms with Gasteiger partial charge in [-0.05, 0) is 61.0 Å². The summed E-state index contributed by atoms with van der Waals surface area (Å²) in [6, 6.07) is 11.6. The van der Waals surface area contributed by atoms with E-state index in [0.29, 0.717) is 24.6 Å². The van der Waals surface area contributed by atoms with Crippen molar-refractivity contribution < 1.29 is 19.1 Å². The fraction of sp³-hybridized carbons (Fsp3) is 0.348. The first kappa shape index (κ1) is 20.5. The number of amides is 3. The molecule has 7 heteroatoms. The van der Waals surface area contributed by atoms with Crippen LogP contribution in [0.1, 0.15) is 31.7 Å². The van der Waals surface area contributed by atoms with Crippen molar-refractivity contribution in [3.63, 3.8) is 0 Å². The molecule has 156 valence electrons. The van der Waals surface area contributed by atoms with Crippen LogP contribution in [0.15, 0.2) is 41.3 Å². The lowest BCUT2D eigenvalue weighted by Gasteiger charge is -2.27. The standard InChI is InChI=1S/C23H24N2O4S/c1-2-29-19-11-10-16(17-8-4-5-9-18(17)19)14-20-22(27)25(23(28)30-20)15-21(26)24-12-6-3-7-13-24/h4-5,8-11,14H,2-3,6-7,12-13,15H2,1H3. The zero-order valence-corrected chi connectivity index (χ0v) is 17.7. The monoisotopic (exact) mass is 424 g/mol. The van der Waals surface area contributed by atoms with Gasteiger partial charge in [-0.25, -0.2) is 0 Å². The average molecular weight is 425 g/mol. The van der Waals surface area contributed by atoms with E-state index in [0.717, 1.165) is 58.0 Å². The lowest BCUT2D eigenvalue weighted by atomic mass is 10.0. The number of carbonyl (C=O) groups excluding carboxylic acids is 3. The maximum atomic E-state index is 12.9. The number of carbonyl (C=O) groups is 3. The number of likely N-dealkylation sites (tertiary alicyclic amines) is 1. The van der Waals surface area contributed by atoms with Crippen LogP contribution in [0.2, 0.25) is 0 Å². The molecule has 0 N–H and O–H groups in total. The second-order valence-electron chi connectivity index (χ2n) is 7.34. The van der Waals surface area contributed by atoms with Crippen LogP contribution in [-0.2, 0) is 9.59 Å². The maximum Gasteiger partial charge on any atom is 0.294 e. The number of rotatable bonds is 5. The number of hydrogen-bond acceptors (Lipinski definition) is 5. The van der Waals surface area contributed by atoms with Crippen LogP contribution in [0, 0.1) is 0 Å². The van der Waals surface area contributed by atoms with E-state index in [1.165, 1.54) is 0 Å². The van der Waals surface area contributed by atoms with Crippen molar-refractivity contribution in [3.05, 3.63) is 46.9 Å². The molecule has 0 radical (unpaired) electrons. The van der Waals surface area contributed by atoms with E-state index in [1.54, 1.807) is 11.0 Å². The van der Waals surface area contributed by atoms with Gasteiger partial charge in [-0.3, -0.25) is 19.3 Å². The highest BCUT2D eigenvalue weighted by Gasteiger charge is 2.37. The molecule has 30 heavy (non-hydrogen) atoms. The van der Waals surface area contributed by atoms with Gasteiger partial charge in [-0.2, -0.15) is 0 Å². The van der Waals surface area contributed by atoms with Gasteiger partial charge in [0.15, 0.2) is 0 Å². The smallest absolute Gasteiger partial charge is 0.294 e. The van der Waals surface area contributed by atoms with Gasteiger partial charge < -0.3 is 9.64 Å². The number of hydrogen-bond donors (Lipinski definition) is 0. The van der Waals surface area contributed by atoms with Crippen LogP contribution in [0.3, 0.4) is 0 Å². The summed E-state index contributed by atoms with van der Waals surface area (Å²) in [5, 5.41) is 1.50. The molecular weight excluding hydrogens is 400 g/mol. The molecule has 2 aliphatic rings. The maximum absolute atomic E-state index is 12.9. The molecule has 0 saturated carbocycles. The molecule has 2 aliphatic heterocycles. The first-order valence-electron chi connectivity index (χ1n) is 10.3. The third kappa shape index (κ3) is 4.07. The van der Waals surface area contributed by atoms with Gasteiger partial charge in [0.25, 0.3) is 11.1 Å². The number of imide groups is 1. The Hall–Kier alpha value is -2.80. The molecule has 2 aromatic carbocycles. The van der Waals surface area contributed by atoms with Crippen molar-refractivity contribution in [2.24, 2.45) is 0 Å². The summed E-state index contributed by atoms with van der Waals surface area (Å²) in [7, 11) is 0. The summed E-state index contributed by atoms with van der Waals surface area (Å²) < 4.78 is 5.70. The van der Waals surface area contributed by atoms with Gasteiger partial charge >= 0.3 is 0 Å². The van der Waals surface area contributed by atoms with E-state index < -0.39 is 11.1 Å².